The van der Waals surface area contributed by atoms with E-state index in [1.807, 2.05) is 0 Å². The Kier molecular flexibility index (Phi) is 4.99. The summed E-state index contributed by atoms with van der Waals surface area (Å²) in [6.07, 6.45) is 2.30. The molecular weight excluding hydrogens is 232 g/mol. The van der Waals surface area contributed by atoms with E-state index < -0.39 is 0 Å². The second-order valence-corrected chi connectivity index (χ2v) is 4.88. The summed E-state index contributed by atoms with van der Waals surface area (Å²) in [6.45, 7) is 1.68. The smallest absolute Gasteiger partial charge is 0.0363 e. The molecule has 2 aromatic carbocycles. The Balaban J connectivity index is 1.82. The Morgan fingerprint density at radius 2 is 1.58 bits per heavy atom. The quantitative estimate of drug-likeness (QED) is 0.857. The molecule has 0 aliphatic rings. The molecule has 0 spiro atoms. The Morgan fingerprint density at radius 3 is 2.21 bits per heavy atom. The first-order valence-electron chi connectivity index (χ1n) is 6.83. The number of benzene rings is 2. The molecule has 2 rings (SSSR count). The van der Waals surface area contributed by atoms with Crippen molar-refractivity contribution in [2.24, 2.45) is 5.73 Å². The zero-order chi connectivity index (χ0) is 13.5. The van der Waals surface area contributed by atoms with Crippen LogP contribution < -0.4 is 10.6 Å². The van der Waals surface area contributed by atoms with Crippen LogP contribution in [-0.4, -0.2) is 13.6 Å². The molecule has 100 valence electrons. The first-order valence-corrected chi connectivity index (χ1v) is 6.83. The van der Waals surface area contributed by atoms with Gasteiger partial charge in [-0.15, -0.1) is 0 Å². The highest BCUT2D eigenvalue weighted by Crippen LogP contribution is 2.14. The number of hydrogen-bond acceptors (Lipinski definition) is 2. The normalized spacial score (nSPS) is 10.4. The summed E-state index contributed by atoms with van der Waals surface area (Å²) in [5, 5.41) is 0. The lowest BCUT2D eigenvalue weighted by Gasteiger charge is -2.19. The number of aryl methyl sites for hydroxylation is 1. The molecule has 0 aromatic heterocycles. The van der Waals surface area contributed by atoms with E-state index in [9.17, 15) is 0 Å². The number of anilines is 1. The molecule has 2 N–H and O–H groups in total. The first kappa shape index (κ1) is 13.6. The van der Waals surface area contributed by atoms with Crippen LogP contribution in [0.5, 0.6) is 0 Å². The molecule has 0 amide bonds. The molecule has 19 heavy (non-hydrogen) atoms. The van der Waals surface area contributed by atoms with Gasteiger partial charge in [0.25, 0.3) is 0 Å². The summed E-state index contributed by atoms with van der Waals surface area (Å²) in [4.78, 5) is 2.29. The van der Waals surface area contributed by atoms with Crippen molar-refractivity contribution in [3.05, 3.63) is 65.7 Å². The number of nitrogens with two attached hydrogens (primary N) is 1. The van der Waals surface area contributed by atoms with Crippen LogP contribution in [0, 0.1) is 0 Å². The van der Waals surface area contributed by atoms with Gasteiger partial charge in [0.15, 0.2) is 0 Å². The van der Waals surface area contributed by atoms with E-state index in [1.165, 1.54) is 23.2 Å². The third-order valence-electron chi connectivity index (χ3n) is 3.41. The van der Waals surface area contributed by atoms with E-state index in [0.29, 0.717) is 6.54 Å². The minimum atomic E-state index is 0.609. The predicted molar refractivity (Wildman–Crippen MR) is 82.4 cm³/mol. The van der Waals surface area contributed by atoms with Gasteiger partial charge in [0.1, 0.15) is 0 Å². The summed E-state index contributed by atoms with van der Waals surface area (Å²) in [5.74, 6) is 0. The molecule has 0 saturated heterocycles. The van der Waals surface area contributed by atoms with Gasteiger partial charge in [-0.05, 0) is 36.1 Å². The van der Waals surface area contributed by atoms with Crippen LogP contribution in [0.15, 0.2) is 54.6 Å². The van der Waals surface area contributed by atoms with Gasteiger partial charge in [-0.1, -0.05) is 42.5 Å². The molecule has 0 saturated carbocycles. The molecule has 0 heterocycles. The molecule has 0 unspecified atom stereocenters. The minimum Gasteiger partial charge on any atom is -0.375 e. The molecule has 0 atom stereocenters. The van der Waals surface area contributed by atoms with Crippen LogP contribution in [0.1, 0.15) is 17.5 Å². The summed E-state index contributed by atoms with van der Waals surface area (Å²) < 4.78 is 0. The molecular formula is C17H22N2. The highest BCUT2D eigenvalue weighted by molar-refractivity contribution is 5.46. The summed E-state index contributed by atoms with van der Waals surface area (Å²) in [7, 11) is 2.14. The van der Waals surface area contributed by atoms with Crippen molar-refractivity contribution < 1.29 is 0 Å². The number of hydrogen-bond donors (Lipinski definition) is 1. The lowest BCUT2D eigenvalue weighted by Crippen LogP contribution is -2.19. The molecule has 0 bridgehead atoms. The fourth-order valence-electron chi connectivity index (χ4n) is 2.18. The van der Waals surface area contributed by atoms with Gasteiger partial charge in [-0.3, -0.25) is 0 Å². The Hall–Kier alpha value is -1.80. The van der Waals surface area contributed by atoms with Gasteiger partial charge in [-0.25, -0.2) is 0 Å². The minimum absolute atomic E-state index is 0.609. The van der Waals surface area contributed by atoms with Gasteiger partial charge in [-0.2, -0.15) is 0 Å². The van der Waals surface area contributed by atoms with Gasteiger partial charge in [0.05, 0.1) is 0 Å². The van der Waals surface area contributed by atoms with Gasteiger partial charge in [0.2, 0.25) is 0 Å². The monoisotopic (exact) mass is 254 g/mol. The average molecular weight is 254 g/mol. The Bertz CT molecular complexity index is 476. The van der Waals surface area contributed by atoms with Crippen LogP contribution in [0.4, 0.5) is 5.69 Å². The van der Waals surface area contributed by atoms with Crippen LogP contribution in [0.3, 0.4) is 0 Å². The zero-order valence-electron chi connectivity index (χ0n) is 11.5. The lowest BCUT2D eigenvalue weighted by atomic mass is 10.1. The maximum atomic E-state index is 5.61. The van der Waals surface area contributed by atoms with Gasteiger partial charge < -0.3 is 10.6 Å². The van der Waals surface area contributed by atoms with Gasteiger partial charge >= 0.3 is 0 Å². The second-order valence-electron chi connectivity index (χ2n) is 4.88. The topological polar surface area (TPSA) is 29.3 Å². The van der Waals surface area contributed by atoms with Gasteiger partial charge in [0, 0.05) is 25.8 Å². The molecule has 0 aliphatic heterocycles. The number of nitrogens with zero attached hydrogens (tertiary/aromatic N) is 1. The fraction of sp³-hybridized carbons (Fsp3) is 0.294. The second kappa shape index (κ2) is 6.95. The molecule has 0 fully saturated rings. The third kappa shape index (κ3) is 4.11. The van der Waals surface area contributed by atoms with Crippen LogP contribution >= 0.6 is 0 Å². The van der Waals surface area contributed by atoms with Crippen LogP contribution in [0.25, 0.3) is 0 Å². The lowest BCUT2D eigenvalue weighted by molar-refractivity contribution is 0.785. The van der Waals surface area contributed by atoms with E-state index in [0.717, 1.165) is 13.0 Å². The van der Waals surface area contributed by atoms with Crippen molar-refractivity contribution in [2.45, 2.75) is 19.4 Å². The van der Waals surface area contributed by atoms with E-state index in [4.69, 9.17) is 5.73 Å². The van der Waals surface area contributed by atoms with E-state index >= 15 is 0 Å². The zero-order valence-corrected chi connectivity index (χ0v) is 11.5. The summed E-state index contributed by atoms with van der Waals surface area (Å²) >= 11 is 0. The summed E-state index contributed by atoms with van der Waals surface area (Å²) in [5.41, 5.74) is 9.46. The molecule has 2 nitrogen and oxygen atoms in total. The Labute approximate surface area is 115 Å². The maximum Gasteiger partial charge on any atom is 0.0363 e. The molecule has 2 aromatic rings. The highest BCUT2D eigenvalue weighted by Gasteiger charge is 2.01. The third-order valence-corrected chi connectivity index (χ3v) is 3.41. The average Bonchev–Trinajstić information content (AvgIpc) is 2.48. The largest absolute Gasteiger partial charge is 0.375 e. The first-order chi connectivity index (χ1) is 9.29. The van der Waals surface area contributed by atoms with E-state index in [1.54, 1.807) is 0 Å². The predicted octanol–water partition coefficient (Wildman–Crippen LogP) is 3.21. The van der Waals surface area contributed by atoms with E-state index in [2.05, 4.69) is 66.5 Å². The SMILES string of the molecule is CN(CCCc1ccccc1)c1ccc(CN)cc1. The maximum absolute atomic E-state index is 5.61. The molecule has 2 heteroatoms. The molecule has 0 aliphatic carbocycles. The van der Waals surface area contributed by atoms with Crippen molar-refractivity contribution in [1.82, 2.24) is 0 Å². The van der Waals surface area contributed by atoms with Crippen molar-refractivity contribution in [1.29, 1.82) is 0 Å². The Morgan fingerprint density at radius 1 is 0.895 bits per heavy atom. The van der Waals surface area contributed by atoms with E-state index in [-0.39, 0.29) is 0 Å². The number of rotatable bonds is 6. The van der Waals surface area contributed by atoms with Crippen LogP contribution in [0.2, 0.25) is 0 Å². The van der Waals surface area contributed by atoms with Crippen molar-refractivity contribution in [3.63, 3.8) is 0 Å². The van der Waals surface area contributed by atoms with Crippen LogP contribution in [-0.2, 0) is 13.0 Å². The molecule has 0 radical (unpaired) electrons. The standard InChI is InChI=1S/C17H22N2/c1-19(17-11-9-16(14-18)10-12-17)13-5-8-15-6-3-2-4-7-15/h2-4,6-7,9-12H,5,8,13-14,18H2,1H3. The van der Waals surface area contributed by atoms with Crippen molar-refractivity contribution in [2.75, 3.05) is 18.5 Å². The summed E-state index contributed by atoms with van der Waals surface area (Å²) in [6, 6.07) is 19.1. The van der Waals surface area contributed by atoms with Crippen molar-refractivity contribution >= 4 is 5.69 Å². The fourth-order valence-corrected chi connectivity index (χ4v) is 2.18. The van der Waals surface area contributed by atoms with Crippen molar-refractivity contribution in [3.8, 4) is 0 Å². The highest BCUT2D eigenvalue weighted by atomic mass is 15.1.